The lowest BCUT2D eigenvalue weighted by Crippen LogP contribution is -2.29. The second-order valence-corrected chi connectivity index (χ2v) is 10.5. The van der Waals surface area contributed by atoms with Gasteiger partial charge in [0, 0.05) is 30.9 Å². The first-order valence-corrected chi connectivity index (χ1v) is 15.3. The fraction of sp³-hybridized carbons (Fsp3) is 0.697. The van der Waals surface area contributed by atoms with Crippen molar-refractivity contribution in [2.24, 2.45) is 0 Å². The maximum atomic E-state index is 6.27. The van der Waals surface area contributed by atoms with E-state index in [1.54, 1.807) is 12.2 Å². The van der Waals surface area contributed by atoms with Crippen molar-refractivity contribution in [3.8, 4) is 17.2 Å². The summed E-state index contributed by atoms with van der Waals surface area (Å²) >= 11 is 0. The van der Waals surface area contributed by atoms with Gasteiger partial charge in [-0.05, 0) is 25.7 Å². The molecule has 1 aromatic rings. The summed E-state index contributed by atoms with van der Waals surface area (Å²) in [5.74, 6) is 2.19. The largest absolute Gasteiger partial charge is 0.486 e. The van der Waals surface area contributed by atoms with Gasteiger partial charge in [0.05, 0.1) is 6.61 Å². The molecule has 0 radical (unpaired) electrons. The van der Waals surface area contributed by atoms with Crippen molar-refractivity contribution in [2.75, 3.05) is 37.8 Å². The number of piperidine rings is 1. The number of anilines is 1. The highest BCUT2D eigenvalue weighted by atomic mass is 16.5. The van der Waals surface area contributed by atoms with Crippen molar-refractivity contribution in [1.82, 2.24) is 0 Å². The molecule has 4 nitrogen and oxygen atoms in total. The molecule has 1 fully saturated rings. The Balaban J connectivity index is 1.73. The minimum Gasteiger partial charge on any atom is -0.486 e. The van der Waals surface area contributed by atoms with Gasteiger partial charge in [-0.25, -0.2) is 0 Å². The molecule has 1 saturated heterocycles. The number of hydrogen-bond donors (Lipinski definition) is 0. The van der Waals surface area contributed by atoms with Gasteiger partial charge in [0.1, 0.15) is 13.2 Å². The lowest BCUT2D eigenvalue weighted by atomic mass is 10.0. The van der Waals surface area contributed by atoms with Crippen molar-refractivity contribution in [3.63, 3.8) is 0 Å². The van der Waals surface area contributed by atoms with E-state index in [-0.39, 0.29) is 0 Å². The van der Waals surface area contributed by atoms with Crippen molar-refractivity contribution in [1.29, 1.82) is 0 Å². The van der Waals surface area contributed by atoms with E-state index in [1.165, 1.54) is 103 Å². The second kappa shape index (κ2) is 20.9. The van der Waals surface area contributed by atoms with E-state index >= 15 is 0 Å². The third-order valence-electron chi connectivity index (χ3n) is 7.18. The Morgan fingerprint density at radius 3 is 1.57 bits per heavy atom. The predicted octanol–water partition coefficient (Wildman–Crippen LogP) is 9.67. The summed E-state index contributed by atoms with van der Waals surface area (Å²) in [6, 6.07) is 4.21. The number of unbranched alkanes of at least 4 members (excludes halogenated alkanes) is 13. The molecule has 1 aliphatic heterocycles. The third-order valence-corrected chi connectivity index (χ3v) is 7.18. The van der Waals surface area contributed by atoms with Crippen molar-refractivity contribution < 1.29 is 14.2 Å². The van der Waals surface area contributed by atoms with Crippen LogP contribution in [0.25, 0.3) is 0 Å². The van der Waals surface area contributed by atoms with E-state index in [0.717, 1.165) is 36.7 Å². The minimum atomic E-state index is 0.444. The molecule has 0 aliphatic carbocycles. The van der Waals surface area contributed by atoms with Crippen LogP contribution in [0.3, 0.4) is 0 Å². The van der Waals surface area contributed by atoms with E-state index in [2.05, 4.69) is 37.1 Å². The van der Waals surface area contributed by atoms with E-state index < -0.39 is 0 Å². The zero-order chi connectivity index (χ0) is 26.4. The first kappa shape index (κ1) is 31.1. The molecule has 0 N–H and O–H groups in total. The van der Waals surface area contributed by atoms with Gasteiger partial charge in [0.25, 0.3) is 0 Å². The van der Waals surface area contributed by atoms with Crippen LogP contribution in [0.1, 0.15) is 116 Å². The molecule has 0 aromatic heterocycles. The van der Waals surface area contributed by atoms with Crippen LogP contribution in [-0.4, -0.2) is 32.9 Å². The molecule has 0 unspecified atom stereocenters. The zero-order valence-corrected chi connectivity index (χ0v) is 24.0. The Labute approximate surface area is 228 Å². The van der Waals surface area contributed by atoms with Gasteiger partial charge in [0.15, 0.2) is 11.5 Å². The quantitative estimate of drug-likeness (QED) is 0.108. The molecular weight excluding hydrogens is 458 g/mol. The summed E-state index contributed by atoms with van der Waals surface area (Å²) in [7, 11) is 0. The number of rotatable bonds is 23. The Bertz CT molecular complexity index is 693. The topological polar surface area (TPSA) is 30.9 Å². The Hall–Kier alpha value is -2.10. The zero-order valence-electron chi connectivity index (χ0n) is 24.0. The molecule has 0 bridgehead atoms. The summed E-state index contributed by atoms with van der Waals surface area (Å²) in [6.07, 6.45) is 26.2. The van der Waals surface area contributed by atoms with Gasteiger partial charge in [0.2, 0.25) is 5.75 Å². The molecule has 0 spiro atoms. The summed E-state index contributed by atoms with van der Waals surface area (Å²) in [6.45, 7) is 13.6. The summed E-state index contributed by atoms with van der Waals surface area (Å²) in [4.78, 5) is 2.42. The minimum absolute atomic E-state index is 0.444. The number of ether oxygens (including phenoxy) is 3. The van der Waals surface area contributed by atoms with Gasteiger partial charge in [-0.2, -0.15) is 0 Å². The average Bonchev–Trinajstić information content (AvgIpc) is 2.93. The van der Waals surface area contributed by atoms with E-state index in [4.69, 9.17) is 14.2 Å². The molecule has 37 heavy (non-hydrogen) atoms. The van der Waals surface area contributed by atoms with Crippen LogP contribution in [-0.2, 0) is 0 Å². The molecule has 0 amide bonds. The van der Waals surface area contributed by atoms with Crippen LogP contribution < -0.4 is 19.1 Å². The number of benzene rings is 1. The Morgan fingerprint density at radius 2 is 1.11 bits per heavy atom. The lowest BCUT2D eigenvalue weighted by Gasteiger charge is -2.30. The lowest BCUT2D eigenvalue weighted by molar-refractivity contribution is 0.254. The molecule has 210 valence electrons. The molecule has 4 heteroatoms. The normalized spacial score (nSPS) is 13.4. The smallest absolute Gasteiger partial charge is 0.203 e. The van der Waals surface area contributed by atoms with E-state index in [9.17, 15) is 0 Å². The van der Waals surface area contributed by atoms with Crippen LogP contribution in [0.2, 0.25) is 0 Å². The fourth-order valence-corrected chi connectivity index (χ4v) is 5.02. The molecule has 1 heterocycles. The van der Waals surface area contributed by atoms with E-state index in [1.807, 2.05) is 0 Å². The van der Waals surface area contributed by atoms with Crippen LogP contribution in [0.4, 0.5) is 5.69 Å². The maximum Gasteiger partial charge on any atom is 0.203 e. The van der Waals surface area contributed by atoms with Crippen LogP contribution in [0.5, 0.6) is 17.2 Å². The van der Waals surface area contributed by atoms with E-state index in [0.29, 0.717) is 25.6 Å². The average molecular weight is 514 g/mol. The summed E-state index contributed by atoms with van der Waals surface area (Å²) in [5.41, 5.74) is 1.14. The molecule has 0 saturated carbocycles. The monoisotopic (exact) mass is 513 g/mol. The third kappa shape index (κ3) is 13.3. The first-order chi connectivity index (χ1) is 18.3. The van der Waals surface area contributed by atoms with Crippen molar-refractivity contribution >= 4 is 5.69 Å². The van der Waals surface area contributed by atoms with Gasteiger partial charge in [-0.1, -0.05) is 116 Å². The molecule has 0 atom stereocenters. The Kier molecular flexibility index (Phi) is 17.6. The van der Waals surface area contributed by atoms with Crippen LogP contribution in [0, 0.1) is 0 Å². The first-order valence-electron chi connectivity index (χ1n) is 15.3. The van der Waals surface area contributed by atoms with Gasteiger partial charge in [-0.15, -0.1) is 0 Å². The van der Waals surface area contributed by atoms with Gasteiger partial charge in [-0.3, -0.25) is 0 Å². The molecular formula is C33H55NO3. The van der Waals surface area contributed by atoms with Gasteiger partial charge < -0.3 is 19.1 Å². The van der Waals surface area contributed by atoms with Crippen LogP contribution in [0.15, 0.2) is 37.4 Å². The van der Waals surface area contributed by atoms with Crippen molar-refractivity contribution in [2.45, 2.75) is 116 Å². The highest BCUT2D eigenvalue weighted by Gasteiger charge is 2.19. The Morgan fingerprint density at radius 1 is 0.649 bits per heavy atom. The number of nitrogens with zero attached hydrogens (tertiary/aromatic N) is 1. The maximum absolute atomic E-state index is 6.27. The van der Waals surface area contributed by atoms with Gasteiger partial charge >= 0.3 is 0 Å². The molecule has 1 aromatic carbocycles. The second-order valence-electron chi connectivity index (χ2n) is 10.5. The van der Waals surface area contributed by atoms with Crippen LogP contribution >= 0.6 is 0 Å². The number of hydrogen-bond acceptors (Lipinski definition) is 4. The standard InChI is InChI=1S/C33H55NO3/c1-4-7-8-9-10-11-12-13-14-15-16-17-18-22-27-37-33-31(35-25-5-2)28-30(29-32(33)36-26-6-3)34-23-20-19-21-24-34/h5-6,28-29H,2-4,7-27H2,1H3. The fourth-order valence-electron chi connectivity index (χ4n) is 5.02. The summed E-state index contributed by atoms with van der Waals surface area (Å²) < 4.78 is 18.3. The molecule has 2 rings (SSSR count). The summed E-state index contributed by atoms with van der Waals surface area (Å²) in [5, 5.41) is 0. The molecule has 1 aliphatic rings. The predicted molar refractivity (Wildman–Crippen MR) is 160 cm³/mol. The highest BCUT2D eigenvalue weighted by Crippen LogP contribution is 2.42. The SMILES string of the molecule is C=CCOc1cc(N2CCCCC2)cc(OCC=C)c1OCCCCCCCCCCCCCCCC. The highest BCUT2D eigenvalue weighted by molar-refractivity contribution is 5.64. The van der Waals surface area contributed by atoms with Crippen molar-refractivity contribution in [3.05, 3.63) is 37.4 Å².